The van der Waals surface area contributed by atoms with E-state index in [0.29, 0.717) is 16.9 Å². The molecule has 1 aliphatic heterocycles. The Balaban J connectivity index is 1.67. The number of hydrogen-bond donors (Lipinski definition) is 1. The molecule has 1 fully saturated rings. The number of nitrogens with zero attached hydrogens (tertiary/aromatic N) is 3. The summed E-state index contributed by atoms with van der Waals surface area (Å²) < 4.78 is 5.72. The fraction of sp³-hybridized carbons (Fsp3) is 0.0476. The molecule has 3 heterocycles. The van der Waals surface area contributed by atoms with E-state index in [1.165, 1.54) is 36.7 Å². The lowest BCUT2D eigenvalue weighted by atomic mass is 10.1. The van der Waals surface area contributed by atoms with E-state index in [2.05, 4.69) is 10.3 Å². The van der Waals surface area contributed by atoms with Gasteiger partial charge in [-0.25, -0.2) is 9.69 Å². The first-order valence-electron chi connectivity index (χ1n) is 9.02. The minimum atomic E-state index is -0.873. The van der Waals surface area contributed by atoms with Crippen LogP contribution in [0.25, 0.3) is 17.4 Å². The molecule has 0 spiro atoms. The molecule has 2 aromatic heterocycles. The molecule has 0 aliphatic carbocycles. The fourth-order valence-electron chi connectivity index (χ4n) is 3.13. The molecule has 1 aliphatic rings. The molecule has 0 atom stereocenters. The van der Waals surface area contributed by atoms with Crippen molar-refractivity contribution in [2.45, 2.75) is 6.92 Å². The van der Waals surface area contributed by atoms with Gasteiger partial charge in [0.05, 0.1) is 16.8 Å². The highest BCUT2D eigenvalue weighted by Crippen LogP contribution is 2.29. The first kappa shape index (κ1) is 19.7. The number of imide groups is 2. The van der Waals surface area contributed by atoms with E-state index in [1.54, 1.807) is 31.2 Å². The van der Waals surface area contributed by atoms with Gasteiger partial charge in [-0.2, -0.15) is 0 Å². The molecule has 1 saturated heterocycles. The highest BCUT2D eigenvalue weighted by molar-refractivity contribution is 6.39. The number of furan rings is 1. The Morgan fingerprint density at radius 1 is 1.16 bits per heavy atom. The van der Waals surface area contributed by atoms with Crippen LogP contribution in [0.15, 0.2) is 64.8 Å². The zero-order chi connectivity index (χ0) is 22.1. The number of barbiturate groups is 1. The van der Waals surface area contributed by atoms with Crippen LogP contribution in [-0.4, -0.2) is 27.8 Å². The minimum absolute atomic E-state index is 0.0419. The van der Waals surface area contributed by atoms with Crippen LogP contribution >= 0.6 is 0 Å². The van der Waals surface area contributed by atoms with Crippen LogP contribution in [0.4, 0.5) is 16.2 Å². The first-order valence-corrected chi connectivity index (χ1v) is 9.02. The Labute approximate surface area is 175 Å². The number of pyridine rings is 1. The zero-order valence-electron chi connectivity index (χ0n) is 16.1. The summed E-state index contributed by atoms with van der Waals surface area (Å²) in [7, 11) is 0. The van der Waals surface area contributed by atoms with Crippen LogP contribution in [0.1, 0.15) is 11.3 Å². The predicted octanol–water partition coefficient (Wildman–Crippen LogP) is 3.22. The molecule has 0 saturated carbocycles. The highest BCUT2D eigenvalue weighted by Gasteiger charge is 2.37. The van der Waals surface area contributed by atoms with Crippen molar-refractivity contribution in [3.63, 3.8) is 0 Å². The van der Waals surface area contributed by atoms with Gasteiger partial charge in [-0.1, -0.05) is 0 Å². The second-order valence-electron chi connectivity index (χ2n) is 6.63. The van der Waals surface area contributed by atoms with Crippen LogP contribution in [-0.2, 0) is 9.59 Å². The van der Waals surface area contributed by atoms with E-state index in [1.807, 2.05) is 0 Å². The summed E-state index contributed by atoms with van der Waals surface area (Å²) in [6.45, 7) is 1.71. The molecular weight excluding hydrogens is 404 g/mol. The molecule has 1 N–H and O–H groups in total. The summed E-state index contributed by atoms with van der Waals surface area (Å²) in [5.74, 6) is -1.05. The number of rotatable bonds is 4. The lowest BCUT2D eigenvalue weighted by molar-refractivity contribution is -0.384. The Morgan fingerprint density at radius 3 is 2.65 bits per heavy atom. The molecular formula is C21H14N4O6. The zero-order valence-corrected chi connectivity index (χ0v) is 16.1. The molecule has 31 heavy (non-hydrogen) atoms. The summed E-state index contributed by atoms with van der Waals surface area (Å²) in [4.78, 5) is 52.4. The number of aromatic nitrogens is 1. The number of anilines is 1. The monoisotopic (exact) mass is 418 g/mol. The number of non-ortho nitro benzene ring substituents is 1. The third-order valence-corrected chi connectivity index (χ3v) is 4.61. The molecule has 3 aromatic rings. The average molecular weight is 418 g/mol. The maximum Gasteiger partial charge on any atom is 0.336 e. The van der Waals surface area contributed by atoms with Gasteiger partial charge in [0, 0.05) is 23.9 Å². The topological polar surface area (TPSA) is 136 Å². The van der Waals surface area contributed by atoms with Crippen molar-refractivity contribution in [2.75, 3.05) is 4.90 Å². The number of aryl methyl sites for hydroxylation is 1. The standard InChI is InChI=1S/C21H14N4O6/c1-12-9-13(25(29)30)4-6-16(12)18-7-5-15(31-18)10-17-19(26)23-21(28)24(20(17)27)14-3-2-8-22-11-14/h2-11H,1H3,(H,23,26,28)/b17-10-. The summed E-state index contributed by atoms with van der Waals surface area (Å²) in [6, 6.07) is 9.71. The van der Waals surface area contributed by atoms with Gasteiger partial charge in [0.25, 0.3) is 17.5 Å². The number of nitrogens with one attached hydrogen (secondary N) is 1. The SMILES string of the molecule is Cc1cc([N+](=O)[O-])ccc1-c1ccc(/C=C2/C(=O)NC(=O)N(c3cccnc3)C2=O)o1. The van der Waals surface area contributed by atoms with E-state index in [4.69, 9.17) is 4.42 Å². The van der Waals surface area contributed by atoms with Gasteiger partial charge in [-0.3, -0.25) is 30.0 Å². The molecule has 0 unspecified atom stereocenters. The normalized spacial score (nSPS) is 15.3. The van der Waals surface area contributed by atoms with Crippen molar-refractivity contribution in [3.05, 3.63) is 81.9 Å². The smallest absolute Gasteiger partial charge is 0.336 e. The Bertz CT molecular complexity index is 1260. The fourth-order valence-corrected chi connectivity index (χ4v) is 3.13. The maximum atomic E-state index is 12.8. The second-order valence-corrected chi connectivity index (χ2v) is 6.63. The summed E-state index contributed by atoms with van der Waals surface area (Å²) in [6.07, 6.45) is 4.05. The van der Waals surface area contributed by atoms with Gasteiger partial charge in [0.15, 0.2) is 0 Å². The Kier molecular flexibility index (Phi) is 4.88. The molecule has 4 rings (SSSR count). The third kappa shape index (κ3) is 3.69. The lowest BCUT2D eigenvalue weighted by Gasteiger charge is -2.25. The van der Waals surface area contributed by atoms with E-state index >= 15 is 0 Å². The minimum Gasteiger partial charge on any atom is -0.457 e. The number of benzene rings is 1. The van der Waals surface area contributed by atoms with Crippen molar-refractivity contribution in [1.82, 2.24) is 10.3 Å². The maximum absolute atomic E-state index is 12.8. The van der Waals surface area contributed by atoms with Crippen molar-refractivity contribution in [2.24, 2.45) is 0 Å². The lowest BCUT2D eigenvalue weighted by Crippen LogP contribution is -2.54. The van der Waals surface area contributed by atoms with Gasteiger partial charge < -0.3 is 4.42 Å². The molecule has 10 heteroatoms. The number of amides is 4. The number of urea groups is 1. The van der Waals surface area contributed by atoms with Crippen molar-refractivity contribution in [3.8, 4) is 11.3 Å². The van der Waals surface area contributed by atoms with Crippen LogP contribution in [0.5, 0.6) is 0 Å². The van der Waals surface area contributed by atoms with Crippen molar-refractivity contribution < 1.29 is 23.7 Å². The van der Waals surface area contributed by atoms with Crippen molar-refractivity contribution >= 4 is 35.3 Å². The molecule has 10 nitrogen and oxygen atoms in total. The van der Waals surface area contributed by atoms with Gasteiger partial charge in [-0.15, -0.1) is 0 Å². The van der Waals surface area contributed by atoms with Crippen molar-refractivity contribution in [1.29, 1.82) is 0 Å². The van der Waals surface area contributed by atoms with Gasteiger partial charge in [0.1, 0.15) is 17.1 Å². The molecule has 1 aromatic carbocycles. The number of hydrogen-bond acceptors (Lipinski definition) is 7. The Morgan fingerprint density at radius 2 is 1.97 bits per heavy atom. The predicted molar refractivity (Wildman–Crippen MR) is 109 cm³/mol. The summed E-state index contributed by atoms with van der Waals surface area (Å²) in [5, 5.41) is 13.0. The summed E-state index contributed by atoms with van der Waals surface area (Å²) in [5.41, 5.74) is 1.14. The van der Waals surface area contributed by atoms with E-state index in [9.17, 15) is 24.5 Å². The molecule has 0 radical (unpaired) electrons. The number of nitro benzene ring substituents is 1. The molecule has 154 valence electrons. The number of carbonyl (C=O) groups is 3. The summed E-state index contributed by atoms with van der Waals surface area (Å²) >= 11 is 0. The van der Waals surface area contributed by atoms with Gasteiger partial charge >= 0.3 is 6.03 Å². The second kappa shape index (κ2) is 7.67. The number of nitro groups is 1. The van der Waals surface area contributed by atoms with E-state index in [-0.39, 0.29) is 22.7 Å². The average Bonchev–Trinajstić information content (AvgIpc) is 3.20. The highest BCUT2D eigenvalue weighted by atomic mass is 16.6. The first-order chi connectivity index (χ1) is 14.8. The third-order valence-electron chi connectivity index (χ3n) is 4.61. The van der Waals surface area contributed by atoms with Crippen LogP contribution < -0.4 is 10.2 Å². The van der Waals surface area contributed by atoms with E-state index < -0.39 is 22.8 Å². The van der Waals surface area contributed by atoms with Crippen LogP contribution in [0, 0.1) is 17.0 Å². The number of carbonyl (C=O) groups excluding carboxylic acids is 3. The Hall–Kier alpha value is -4.60. The van der Waals surface area contributed by atoms with E-state index in [0.717, 1.165) is 4.90 Å². The van der Waals surface area contributed by atoms with Gasteiger partial charge in [0.2, 0.25) is 0 Å². The largest absolute Gasteiger partial charge is 0.457 e. The molecule has 4 amide bonds. The quantitative estimate of drug-likeness (QED) is 0.297. The van der Waals surface area contributed by atoms with Crippen LogP contribution in [0.3, 0.4) is 0 Å². The van der Waals surface area contributed by atoms with Crippen LogP contribution in [0.2, 0.25) is 0 Å². The molecule has 0 bridgehead atoms. The van der Waals surface area contributed by atoms with Gasteiger partial charge in [-0.05, 0) is 48.9 Å².